The van der Waals surface area contributed by atoms with Crippen molar-refractivity contribution in [2.75, 3.05) is 18.6 Å². The van der Waals surface area contributed by atoms with E-state index < -0.39 is 5.97 Å². The Kier molecular flexibility index (Phi) is 5.85. The molecule has 0 saturated carbocycles. The molecule has 0 radical (unpaired) electrons. The van der Waals surface area contributed by atoms with Gasteiger partial charge >= 0.3 is 5.97 Å². The SMILES string of the molecule is CCOC(=O)C1=C(C)N(c2ccc(OC)cc2)C(=O)/C1=C/c1cccc(Cl)c1. The lowest BCUT2D eigenvalue weighted by Crippen LogP contribution is -2.24. The quantitative estimate of drug-likeness (QED) is 0.545. The first-order valence-corrected chi connectivity index (χ1v) is 9.18. The second-order valence-corrected chi connectivity index (χ2v) is 6.57. The smallest absolute Gasteiger partial charge is 0.340 e. The largest absolute Gasteiger partial charge is 0.497 e. The van der Waals surface area contributed by atoms with E-state index in [1.807, 2.05) is 6.07 Å². The summed E-state index contributed by atoms with van der Waals surface area (Å²) >= 11 is 6.06. The Labute approximate surface area is 168 Å². The van der Waals surface area contributed by atoms with Crippen LogP contribution < -0.4 is 9.64 Å². The number of carbonyl (C=O) groups excluding carboxylic acids is 2. The zero-order valence-corrected chi connectivity index (χ0v) is 16.6. The predicted octanol–water partition coefficient (Wildman–Crippen LogP) is 4.62. The molecule has 3 rings (SSSR count). The number of nitrogens with zero attached hydrogens (tertiary/aromatic N) is 1. The molecule has 28 heavy (non-hydrogen) atoms. The Morgan fingerprint density at radius 2 is 1.89 bits per heavy atom. The number of anilines is 1. The number of hydrogen-bond donors (Lipinski definition) is 0. The van der Waals surface area contributed by atoms with Crippen molar-refractivity contribution in [1.29, 1.82) is 0 Å². The number of allylic oxidation sites excluding steroid dienone is 1. The highest BCUT2D eigenvalue weighted by molar-refractivity contribution is 6.30. The van der Waals surface area contributed by atoms with Crippen molar-refractivity contribution in [3.63, 3.8) is 0 Å². The van der Waals surface area contributed by atoms with Gasteiger partial charge in [-0.2, -0.15) is 0 Å². The fourth-order valence-corrected chi connectivity index (χ4v) is 3.29. The highest BCUT2D eigenvalue weighted by atomic mass is 35.5. The molecule has 144 valence electrons. The molecule has 0 aromatic heterocycles. The van der Waals surface area contributed by atoms with Gasteiger partial charge in [0.05, 0.1) is 24.9 Å². The first kappa shape index (κ1) is 19.7. The van der Waals surface area contributed by atoms with Gasteiger partial charge in [0.1, 0.15) is 5.75 Å². The first-order valence-electron chi connectivity index (χ1n) is 8.80. The van der Waals surface area contributed by atoms with Crippen molar-refractivity contribution in [2.24, 2.45) is 0 Å². The standard InChI is InChI=1S/C22H20ClNO4/c1-4-28-22(26)20-14(2)24(17-8-10-18(27-3)11-9-17)21(25)19(20)13-15-6-5-7-16(23)12-15/h5-13H,4H2,1-3H3/b19-13+. The van der Waals surface area contributed by atoms with Crippen molar-refractivity contribution in [3.05, 3.63) is 76.0 Å². The fraction of sp³-hybridized carbons (Fsp3) is 0.182. The molecule has 0 fully saturated rings. The van der Waals surface area contributed by atoms with E-state index in [4.69, 9.17) is 21.1 Å². The van der Waals surface area contributed by atoms with E-state index in [0.29, 0.717) is 22.2 Å². The number of hydrogen-bond acceptors (Lipinski definition) is 4. The lowest BCUT2D eigenvalue weighted by molar-refractivity contribution is -0.138. The second kappa shape index (κ2) is 8.31. The normalized spacial score (nSPS) is 15.4. The Hall–Kier alpha value is -3.05. The summed E-state index contributed by atoms with van der Waals surface area (Å²) in [6.07, 6.45) is 1.66. The highest BCUT2D eigenvalue weighted by Gasteiger charge is 2.38. The van der Waals surface area contributed by atoms with E-state index in [0.717, 1.165) is 5.56 Å². The van der Waals surface area contributed by atoms with Crippen LogP contribution in [0.5, 0.6) is 5.75 Å². The summed E-state index contributed by atoms with van der Waals surface area (Å²) in [6, 6.07) is 14.2. The fourth-order valence-electron chi connectivity index (χ4n) is 3.09. The third-order valence-corrected chi connectivity index (χ3v) is 4.61. The molecule has 2 aromatic rings. The molecule has 0 atom stereocenters. The second-order valence-electron chi connectivity index (χ2n) is 6.13. The van der Waals surface area contributed by atoms with Crippen molar-refractivity contribution in [2.45, 2.75) is 13.8 Å². The van der Waals surface area contributed by atoms with Crippen LogP contribution in [0.4, 0.5) is 5.69 Å². The van der Waals surface area contributed by atoms with Gasteiger partial charge in [-0.3, -0.25) is 9.69 Å². The van der Waals surface area contributed by atoms with Gasteiger partial charge in [-0.05, 0) is 61.9 Å². The topological polar surface area (TPSA) is 55.8 Å². The molecule has 6 heteroatoms. The van der Waals surface area contributed by atoms with E-state index in [9.17, 15) is 9.59 Å². The van der Waals surface area contributed by atoms with Crippen molar-refractivity contribution in [3.8, 4) is 5.75 Å². The number of ether oxygens (including phenoxy) is 2. The number of methoxy groups -OCH3 is 1. The van der Waals surface area contributed by atoms with Crippen LogP contribution in [0.3, 0.4) is 0 Å². The third kappa shape index (κ3) is 3.80. The van der Waals surface area contributed by atoms with Crippen LogP contribution in [0, 0.1) is 0 Å². The number of esters is 1. The Morgan fingerprint density at radius 3 is 2.50 bits per heavy atom. The van der Waals surface area contributed by atoms with E-state index in [1.54, 1.807) is 69.5 Å². The highest BCUT2D eigenvalue weighted by Crippen LogP contribution is 2.36. The average Bonchev–Trinajstić information content (AvgIpc) is 2.92. The van der Waals surface area contributed by atoms with Gasteiger partial charge in [-0.15, -0.1) is 0 Å². The van der Waals surface area contributed by atoms with Gasteiger partial charge in [0.25, 0.3) is 5.91 Å². The molecule has 0 spiro atoms. The zero-order chi connectivity index (χ0) is 20.3. The molecule has 0 bridgehead atoms. The van der Waals surface area contributed by atoms with E-state index in [2.05, 4.69) is 0 Å². The third-order valence-electron chi connectivity index (χ3n) is 4.37. The minimum absolute atomic E-state index is 0.219. The van der Waals surface area contributed by atoms with Crippen molar-refractivity contribution >= 4 is 35.2 Å². The van der Waals surface area contributed by atoms with Crippen LogP contribution in [-0.2, 0) is 14.3 Å². The Bertz CT molecular complexity index is 976. The molecular weight excluding hydrogens is 378 g/mol. The van der Waals surface area contributed by atoms with Gasteiger partial charge in [-0.25, -0.2) is 4.79 Å². The molecule has 1 amide bonds. The summed E-state index contributed by atoms with van der Waals surface area (Å²) in [5.74, 6) is -0.152. The Morgan fingerprint density at radius 1 is 1.18 bits per heavy atom. The molecule has 5 nitrogen and oxygen atoms in total. The van der Waals surface area contributed by atoms with Crippen molar-refractivity contribution < 1.29 is 19.1 Å². The maximum absolute atomic E-state index is 13.2. The number of benzene rings is 2. The Balaban J connectivity index is 2.10. The number of halogens is 1. The summed E-state index contributed by atoms with van der Waals surface area (Å²) in [5, 5.41) is 0.546. The average molecular weight is 398 g/mol. The number of rotatable bonds is 5. The van der Waals surface area contributed by atoms with Gasteiger partial charge in [0.15, 0.2) is 0 Å². The lowest BCUT2D eigenvalue weighted by atomic mass is 10.0. The monoisotopic (exact) mass is 397 g/mol. The molecule has 1 aliphatic heterocycles. The van der Waals surface area contributed by atoms with Crippen LogP contribution in [0.25, 0.3) is 6.08 Å². The van der Waals surface area contributed by atoms with Crippen LogP contribution in [0.15, 0.2) is 65.4 Å². The minimum Gasteiger partial charge on any atom is -0.497 e. The maximum Gasteiger partial charge on any atom is 0.340 e. The summed E-state index contributed by atoms with van der Waals surface area (Å²) < 4.78 is 10.4. The lowest BCUT2D eigenvalue weighted by Gasteiger charge is -2.18. The van der Waals surface area contributed by atoms with Gasteiger partial charge < -0.3 is 9.47 Å². The van der Waals surface area contributed by atoms with Crippen LogP contribution in [0.2, 0.25) is 5.02 Å². The van der Waals surface area contributed by atoms with Crippen LogP contribution in [-0.4, -0.2) is 25.6 Å². The van der Waals surface area contributed by atoms with E-state index in [-0.39, 0.29) is 23.7 Å². The molecule has 0 unspecified atom stereocenters. The maximum atomic E-state index is 13.2. The molecule has 0 aliphatic carbocycles. The number of amides is 1. The molecule has 0 N–H and O–H groups in total. The zero-order valence-electron chi connectivity index (χ0n) is 15.9. The van der Waals surface area contributed by atoms with E-state index >= 15 is 0 Å². The molecule has 1 heterocycles. The van der Waals surface area contributed by atoms with Gasteiger partial charge in [0, 0.05) is 16.4 Å². The summed E-state index contributed by atoms with van der Waals surface area (Å²) in [4.78, 5) is 27.3. The summed E-state index contributed by atoms with van der Waals surface area (Å²) in [7, 11) is 1.58. The molecule has 1 aliphatic rings. The van der Waals surface area contributed by atoms with Crippen LogP contribution in [0.1, 0.15) is 19.4 Å². The number of carbonyl (C=O) groups is 2. The van der Waals surface area contributed by atoms with Crippen molar-refractivity contribution in [1.82, 2.24) is 0 Å². The van der Waals surface area contributed by atoms with Gasteiger partial charge in [0.2, 0.25) is 0 Å². The molecule has 2 aromatic carbocycles. The minimum atomic E-state index is -0.530. The van der Waals surface area contributed by atoms with E-state index in [1.165, 1.54) is 4.90 Å². The summed E-state index contributed by atoms with van der Waals surface area (Å²) in [5.41, 5.74) is 2.40. The molecular formula is C22H20ClNO4. The van der Waals surface area contributed by atoms with Gasteiger partial charge in [-0.1, -0.05) is 23.7 Å². The summed E-state index contributed by atoms with van der Waals surface area (Å²) in [6.45, 7) is 3.68. The predicted molar refractivity (Wildman–Crippen MR) is 109 cm³/mol. The van der Waals surface area contributed by atoms with Crippen LogP contribution >= 0.6 is 11.6 Å². The molecule has 0 saturated heterocycles. The first-order chi connectivity index (χ1) is 13.5.